The molecular weight excluding hydrogens is 276 g/mol. The third-order valence-electron chi connectivity index (χ3n) is 4.86. The number of aliphatic hydroxyl groups excluding tert-OH is 1. The van der Waals surface area contributed by atoms with Crippen molar-refractivity contribution in [3.05, 3.63) is 24.3 Å². The summed E-state index contributed by atoms with van der Waals surface area (Å²) in [6, 6.07) is 5.72. The van der Waals surface area contributed by atoms with Crippen LogP contribution in [0.25, 0.3) is 0 Å². The number of hydrogen-bond donors (Lipinski definition) is 3. The molecule has 2 aliphatic rings. The van der Waals surface area contributed by atoms with E-state index in [2.05, 4.69) is 4.72 Å². The van der Waals surface area contributed by atoms with Gasteiger partial charge in [-0.05, 0) is 54.9 Å². The van der Waals surface area contributed by atoms with E-state index in [1.54, 1.807) is 12.1 Å². The van der Waals surface area contributed by atoms with E-state index in [0.29, 0.717) is 5.69 Å². The lowest BCUT2D eigenvalue weighted by atomic mass is 9.82. The second-order valence-electron chi connectivity index (χ2n) is 6.32. The lowest BCUT2D eigenvalue weighted by molar-refractivity contribution is 0.0342. The Morgan fingerprint density at radius 1 is 1.35 bits per heavy atom. The van der Waals surface area contributed by atoms with Gasteiger partial charge in [0, 0.05) is 5.69 Å². The molecule has 20 heavy (non-hydrogen) atoms. The predicted octanol–water partition coefficient (Wildman–Crippen LogP) is 1.10. The van der Waals surface area contributed by atoms with Crippen LogP contribution < -0.4 is 10.5 Å². The van der Waals surface area contributed by atoms with E-state index in [1.165, 1.54) is 12.1 Å². The van der Waals surface area contributed by atoms with Gasteiger partial charge in [0.05, 0.1) is 17.0 Å². The Hall–Kier alpha value is -1.11. The second-order valence-corrected chi connectivity index (χ2v) is 8.03. The molecule has 0 saturated heterocycles. The van der Waals surface area contributed by atoms with Crippen LogP contribution in [-0.4, -0.2) is 25.7 Å². The molecule has 2 saturated carbocycles. The number of rotatable bonds is 3. The fourth-order valence-corrected chi connectivity index (χ4v) is 4.95. The van der Waals surface area contributed by atoms with Crippen molar-refractivity contribution in [3.8, 4) is 0 Å². The zero-order valence-corrected chi connectivity index (χ0v) is 12.2. The number of hydrogen-bond acceptors (Lipinski definition) is 4. The standard InChI is InChI=1S/C14H20N2O3S/c1-14-7-6-9(8-14)12(13(14)17)16-20(18,19)11-4-2-10(15)3-5-11/h2-5,9,12-13,16-17H,6-8,15H2,1H3. The third kappa shape index (κ3) is 2.12. The summed E-state index contributed by atoms with van der Waals surface area (Å²) in [6.07, 6.45) is 2.23. The van der Waals surface area contributed by atoms with Crippen LogP contribution >= 0.6 is 0 Å². The Labute approximate surface area is 119 Å². The lowest BCUT2D eigenvalue weighted by Crippen LogP contribution is -2.49. The summed E-state index contributed by atoms with van der Waals surface area (Å²) in [5.41, 5.74) is 5.95. The molecule has 110 valence electrons. The number of fused-ring (bicyclic) bond motifs is 2. The first-order chi connectivity index (χ1) is 9.32. The highest BCUT2D eigenvalue weighted by Crippen LogP contribution is 2.54. The van der Waals surface area contributed by atoms with E-state index in [9.17, 15) is 13.5 Å². The minimum absolute atomic E-state index is 0.140. The van der Waals surface area contributed by atoms with Crippen molar-refractivity contribution in [2.24, 2.45) is 11.3 Å². The smallest absolute Gasteiger partial charge is 0.240 e. The Bertz CT molecular complexity index is 614. The summed E-state index contributed by atoms with van der Waals surface area (Å²) in [4.78, 5) is 0.187. The third-order valence-corrected chi connectivity index (χ3v) is 6.33. The highest BCUT2D eigenvalue weighted by molar-refractivity contribution is 7.89. The van der Waals surface area contributed by atoms with Crippen LogP contribution in [0.2, 0.25) is 0 Å². The van der Waals surface area contributed by atoms with E-state index < -0.39 is 16.1 Å². The molecule has 6 heteroatoms. The van der Waals surface area contributed by atoms with Crippen molar-refractivity contribution in [1.82, 2.24) is 4.72 Å². The maximum absolute atomic E-state index is 12.4. The summed E-state index contributed by atoms with van der Waals surface area (Å²) >= 11 is 0. The molecule has 1 aromatic rings. The molecule has 1 aromatic carbocycles. The number of nitrogens with two attached hydrogens (primary N) is 1. The zero-order chi connectivity index (χ0) is 14.5. The normalized spacial score (nSPS) is 36.4. The molecule has 2 bridgehead atoms. The van der Waals surface area contributed by atoms with E-state index in [0.717, 1.165) is 19.3 Å². The van der Waals surface area contributed by atoms with Crippen molar-refractivity contribution < 1.29 is 13.5 Å². The molecular formula is C14H20N2O3S. The minimum Gasteiger partial charge on any atom is -0.399 e. The molecule has 0 heterocycles. The summed E-state index contributed by atoms with van der Waals surface area (Å²) in [7, 11) is -3.61. The maximum Gasteiger partial charge on any atom is 0.240 e. The number of anilines is 1. The Morgan fingerprint density at radius 3 is 2.55 bits per heavy atom. The molecule has 5 nitrogen and oxygen atoms in total. The number of sulfonamides is 1. The van der Waals surface area contributed by atoms with E-state index in [4.69, 9.17) is 5.73 Å². The molecule has 0 spiro atoms. The monoisotopic (exact) mass is 296 g/mol. The van der Waals surface area contributed by atoms with Crippen LogP contribution in [-0.2, 0) is 10.0 Å². The van der Waals surface area contributed by atoms with Crippen molar-refractivity contribution in [2.75, 3.05) is 5.73 Å². The van der Waals surface area contributed by atoms with Crippen LogP contribution in [0.5, 0.6) is 0 Å². The quantitative estimate of drug-likeness (QED) is 0.728. The van der Waals surface area contributed by atoms with Crippen molar-refractivity contribution >= 4 is 15.7 Å². The molecule has 3 rings (SSSR count). The van der Waals surface area contributed by atoms with Crippen LogP contribution in [0.15, 0.2) is 29.2 Å². The highest BCUT2D eigenvalue weighted by atomic mass is 32.2. The van der Waals surface area contributed by atoms with Gasteiger partial charge >= 0.3 is 0 Å². The van der Waals surface area contributed by atoms with Gasteiger partial charge in [0.25, 0.3) is 0 Å². The fraction of sp³-hybridized carbons (Fsp3) is 0.571. The summed E-state index contributed by atoms with van der Waals surface area (Å²) in [6.45, 7) is 2.04. The predicted molar refractivity (Wildman–Crippen MR) is 76.4 cm³/mol. The van der Waals surface area contributed by atoms with E-state index in [1.807, 2.05) is 6.92 Å². The molecule has 0 aromatic heterocycles. The molecule has 4 unspecified atom stereocenters. The van der Waals surface area contributed by atoms with Crippen LogP contribution in [0.4, 0.5) is 5.69 Å². The zero-order valence-electron chi connectivity index (χ0n) is 11.4. The van der Waals surface area contributed by atoms with Crippen molar-refractivity contribution in [1.29, 1.82) is 0 Å². The van der Waals surface area contributed by atoms with Crippen molar-refractivity contribution in [2.45, 2.75) is 43.2 Å². The van der Waals surface area contributed by atoms with E-state index in [-0.39, 0.29) is 22.3 Å². The number of aliphatic hydroxyl groups is 1. The van der Waals surface area contributed by atoms with Gasteiger partial charge in [-0.25, -0.2) is 13.1 Å². The van der Waals surface area contributed by atoms with Gasteiger partial charge < -0.3 is 10.8 Å². The summed E-state index contributed by atoms with van der Waals surface area (Å²) < 4.78 is 27.4. The van der Waals surface area contributed by atoms with Gasteiger partial charge in [0.1, 0.15) is 0 Å². The number of benzene rings is 1. The first-order valence-electron chi connectivity index (χ1n) is 6.88. The van der Waals surface area contributed by atoms with Gasteiger partial charge in [0.2, 0.25) is 10.0 Å². The molecule has 2 aliphatic carbocycles. The Balaban J connectivity index is 1.83. The molecule has 0 amide bonds. The fourth-order valence-electron chi connectivity index (χ4n) is 3.64. The van der Waals surface area contributed by atoms with Gasteiger partial charge in [-0.3, -0.25) is 0 Å². The van der Waals surface area contributed by atoms with Crippen LogP contribution in [0, 0.1) is 11.3 Å². The van der Waals surface area contributed by atoms with Crippen molar-refractivity contribution in [3.63, 3.8) is 0 Å². The first-order valence-corrected chi connectivity index (χ1v) is 8.36. The molecule has 0 radical (unpaired) electrons. The molecule has 4 N–H and O–H groups in total. The van der Waals surface area contributed by atoms with Gasteiger partial charge in [-0.2, -0.15) is 0 Å². The number of nitrogen functional groups attached to an aromatic ring is 1. The Morgan fingerprint density at radius 2 is 2.00 bits per heavy atom. The average Bonchev–Trinajstić information content (AvgIpc) is 2.87. The minimum atomic E-state index is -3.61. The van der Waals surface area contributed by atoms with Gasteiger partial charge in [-0.15, -0.1) is 0 Å². The SMILES string of the molecule is CC12CCC(C1)C(NS(=O)(=O)c1ccc(N)cc1)C2O. The van der Waals surface area contributed by atoms with E-state index >= 15 is 0 Å². The molecule has 2 fully saturated rings. The average molecular weight is 296 g/mol. The Kier molecular flexibility index (Phi) is 3.08. The lowest BCUT2D eigenvalue weighted by Gasteiger charge is -2.33. The number of nitrogens with one attached hydrogen (secondary N) is 1. The molecule has 0 aliphatic heterocycles. The highest BCUT2D eigenvalue weighted by Gasteiger charge is 2.55. The maximum atomic E-state index is 12.4. The first kappa shape index (κ1) is 13.9. The van der Waals surface area contributed by atoms with Gasteiger partial charge in [-0.1, -0.05) is 6.92 Å². The van der Waals surface area contributed by atoms with Crippen LogP contribution in [0.1, 0.15) is 26.2 Å². The summed E-state index contributed by atoms with van der Waals surface area (Å²) in [5.74, 6) is 0.235. The topological polar surface area (TPSA) is 92.4 Å². The molecule has 4 atom stereocenters. The second kappa shape index (κ2) is 4.44. The largest absolute Gasteiger partial charge is 0.399 e. The van der Waals surface area contributed by atoms with Crippen LogP contribution in [0.3, 0.4) is 0 Å². The van der Waals surface area contributed by atoms with Gasteiger partial charge in [0.15, 0.2) is 0 Å². The summed E-state index contributed by atoms with van der Waals surface area (Å²) in [5, 5.41) is 10.3.